The van der Waals surface area contributed by atoms with Crippen LogP contribution in [0.5, 0.6) is 17.2 Å². The maximum absolute atomic E-state index is 11.7. The first-order valence-corrected chi connectivity index (χ1v) is 18.5. The molecule has 0 unspecified atom stereocenters. The number of carbonyl (C=O) groups excluding carboxylic acids is 3. The SMILES string of the molecule is COC[C@H](C)Oc1ccc2c(c1)N(O)C(=O)[C@@H](N)C2.COC[C@H](C)Oc1ccc2c(c1)N(O)C(=O)[C@H](C)C2.COC[C@H](C)Oc1ccc2c(c1)N(O)C(=O)[C@H](N)C2. The molecule has 0 fully saturated rings. The molecule has 17 nitrogen and oxygen atoms in total. The topological polar surface area (TPSA) is 229 Å². The lowest BCUT2D eigenvalue weighted by Gasteiger charge is -2.28. The van der Waals surface area contributed by atoms with Crippen molar-refractivity contribution in [3.05, 3.63) is 71.3 Å². The summed E-state index contributed by atoms with van der Waals surface area (Å²) in [5, 5.41) is 31.3. The Labute approximate surface area is 332 Å². The first-order valence-electron chi connectivity index (χ1n) is 18.5. The normalized spacial score (nSPS) is 20.1. The highest BCUT2D eigenvalue weighted by Crippen LogP contribution is 2.34. The lowest BCUT2D eigenvalue weighted by atomic mass is 9.94. The zero-order chi connectivity index (χ0) is 42.0. The quantitative estimate of drug-likeness (QED) is 0.166. The van der Waals surface area contributed by atoms with Gasteiger partial charge in [0.1, 0.15) is 35.6 Å². The number of methoxy groups -OCH3 is 3. The summed E-state index contributed by atoms with van der Waals surface area (Å²) >= 11 is 0. The van der Waals surface area contributed by atoms with Gasteiger partial charge in [-0.05, 0) is 74.9 Å². The summed E-state index contributed by atoms with van der Waals surface area (Å²) in [5.41, 5.74) is 15.2. The Morgan fingerprint density at radius 3 is 1.18 bits per heavy atom. The molecule has 3 heterocycles. The molecule has 3 aliphatic rings. The van der Waals surface area contributed by atoms with Crippen molar-refractivity contribution in [3.63, 3.8) is 0 Å². The molecule has 0 radical (unpaired) electrons. The number of nitrogens with two attached hydrogens (primary N) is 2. The first kappa shape index (κ1) is 44.9. The highest BCUT2D eigenvalue weighted by molar-refractivity contribution is 5.99. The average molecular weight is 798 g/mol. The monoisotopic (exact) mass is 797 g/mol. The third-order valence-corrected chi connectivity index (χ3v) is 9.16. The molecule has 7 N–H and O–H groups in total. The molecule has 0 saturated heterocycles. The fraction of sp³-hybridized carbons (Fsp3) is 0.475. The predicted molar refractivity (Wildman–Crippen MR) is 209 cm³/mol. The van der Waals surface area contributed by atoms with Crippen LogP contribution in [0.25, 0.3) is 0 Å². The first-order chi connectivity index (χ1) is 27.1. The van der Waals surface area contributed by atoms with Crippen molar-refractivity contribution in [2.75, 3.05) is 56.3 Å². The zero-order valence-electron chi connectivity index (χ0n) is 33.4. The Hall–Kier alpha value is -4.85. The summed E-state index contributed by atoms with van der Waals surface area (Å²) in [6.07, 6.45) is 1.15. The Balaban J connectivity index is 0.000000189. The lowest BCUT2D eigenvalue weighted by molar-refractivity contribution is -0.127. The zero-order valence-corrected chi connectivity index (χ0v) is 33.4. The van der Waals surface area contributed by atoms with Crippen LogP contribution in [0.15, 0.2) is 54.6 Å². The molecule has 6 rings (SSSR count). The molecule has 0 aliphatic carbocycles. The third kappa shape index (κ3) is 11.6. The van der Waals surface area contributed by atoms with Gasteiger partial charge in [-0.1, -0.05) is 25.1 Å². The minimum absolute atomic E-state index is 0.0894. The summed E-state index contributed by atoms with van der Waals surface area (Å²) in [6.45, 7) is 8.86. The van der Waals surface area contributed by atoms with Gasteiger partial charge in [-0.15, -0.1) is 0 Å². The van der Waals surface area contributed by atoms with Crippen LogP contribution in [0.4, 0.5) is 17.1 Å². The van der Waals surface area contributed by atoms with Crippen LogP contribution in [-0.4, -0.2) is 105 Å². The molecule has 0 spiro atoms. The summed E-state index contributed by atoms with van der Waals surface area (Å²) in [6, 6.07) is 14.5. The number of rotatable bonds is 12. The van der Waals surface area contributed by atoms with E-state index < -0.39 is 23.9 Å². The van der Waals surface area contributed by atoms with Gasteiger partial charge in [0, 0.05) is 45.4 Å². The average Bonchev–Trinajstić information content (AvgIpc) is 3.17. The van der Waals surface area contributed by atoms with E-state index in [1.165, 1.54) is 0 Å². The van der Waals surface area contributed by atoms with E-state index in [2.05, 4.69) is 0 Å². The van der Waals surface area contributed by atoms with Crippen molar-refractivity contribution in [1.82, 2.24) is 0 Å². The molecule has 0 saturated carbocycles. The molecule has 3 amide bonds. The van der Waals surface area contributed by atoms with Gasteiger partial charge in [-0.3, -0.25) is 30.0 Å². The van der Waals surface area contributed by atoms with E-state index >= 15 is 0 Å². The van der Waals surface area contributed by atoms with E-state index in [1.54, 1.807) is 70.7 Å². The van der Waals surface area contributed by atoms with Crippen LogP contribution < -0.4 is 40.9 Å². The van der Waals surface area contributed by atoms with Gasteiger partial charge in [-0.2, -0.15) is 15.2 Å². The van der Waals surface area contributed by atoms with Crippen molar-refractivity contribution in [3.8, 4) is 17.2 Å². The van der Waals surface area contributed by atoms with E-state index in [4.69, 9.17) is 39.9 Å². The van der Waals surface area contributed by atoms with Gasteiger partial charge in [0.2, 0.25) is 0 Å². The molecule has 3 aromatic rings. The van der Waals surface area contributed by atoms with Crippen molar-refractivity contribution in [2.24, 2.45) is 17.4 Å². The minimum atomic E-state index is -0.698. The molecule has 6 atom stereocenters. The maximum atomic E-state index is 11.7. The summed E-state index contributed by atoms with van der Waals surface area (Å²) in [7, 11) is 4.81. The van der Waals surface area contributed by atoms with Gasteiger partial charge in [-0.25, -0.2) is 0 Å². The number of nitrogens with zero attached hydrogens (tertiary/aromatic N) is 3. The molecular weight excluding hydrogens is 742 g/mol. The Morgan fingerprint density at radius 1 is 0.561 bits per heavy atom. The molecule has 3 aliphatic heterocycles. The van der Waals surface area contributed by atoms with Crippen LogP contribution in [-0.2, 0) is 47.9 Å². The number of anilines is 3. The number of fused-ring (bicyclic) bond motifs is 3. The Kier molecular flexibility index (Phi) is 16.2. The third-order valence-electron chi connectivity index (χ3n) is 9.16. The van der Waals surface area contributed by atoms with Crippen molar-refractivity contribution in [2.45, 2.75) is 77.4 Å². The van der Waals surface area contributed by atoms with Crippen LogP contribution in [0, 0.1) is 5.92 Å². The maximum Gasteiger partial charge on any atom is 0.267 e. The molecule has 312 valence electrons. The van der Waals surface area contributed by atoms with Crippen LogP contribution in [0.1, 0.15) is 44.4 Å². The van der Waals surface area contributed by atoms with Gasteiger partial charge in [0.15, 0.2) is 0 Å². The van der Waals surface area contributed by atoms with Crippen molar-refractivity contribution >= 4 is 34.8 Å². The van der Waals surface area contributed by atoms with E-state index in [-0.39, 0.29) is 30.1 Å². The minimum Gasteiger partial charge on any atom is -0.488 e. The van der Waals surface area contributed by atoms with E-state index in [1.807, 2.05) is 32.9 Å². The highest BCUT2D eigenvalue weighted by atomic mass is 16.5. The number of hydroxylamine groups is 3. The number of carbonyl (C=O) groups is 3. The van der Waals surface area contributed by atoms with Gasteiger partial charge >= 0.3 is 0 Å². The van der Waals surface area contributed by atoms with E-state index in [0.29, 0.717) is 83.5 Å². The smallest absolute Gasteiger partial charge is 0.267 e. The predicted octanol–water partition coefficient (Wildman–Crippen LogP) is 3.43. The van der Waals surface area contributed by atoms with Crippen molar-refractivity contribution in [1.29, 1.82) is 0 Å². The lowest BCUT2D eigenvalue weighted by Crippen LogP contribution is -2.47. The van der Waals surface area contributed by atoms with Gasteiger partial charge in [0.05, 0.1) is 49.0 Å². The summed E-state index contributed by atoms with van der Waals surface area (Å²) in [4.78, 5) is 35.0. The Morgan fingerprint density at radius 2 is 0.860 bits per heavy atom. The molecular formula is C40H55N5O12. The number of hydrogen-bond acceptors (Lipinski definition) is 14. The largest absolute Gasteiger partial charge is 0.488 e. The van der Waals surface area contributed by atoms with Crippen LogP contribution in [0.2, 0.25) is 0 Å². The fourth-order valence-electron chi connectivity index (χ4n) is 6.41. The van der Waals surface area contributed by atoms with Crippen LogP contribution >= 0.6 is 0 Å². The summed E-state index contributed by atoms with van der Waals surface area (Å²) < 4.78 is 31.9. The number of hydrogen-bond donors (Lipinski definition) is 5. The second-order valence-corrected chi connectivity index (χ2v) is 14.2. The van der Waals surface area contributed by atoms with Crippen molar-refractivity contribution < 1.29 is 58.4 Å². The molecule has 57 heavy (non-hydrogen) atoms. The second kappa shape index (κ2) is 20.5. The number of benzene rings is 3. The molecule has 17 heteroatoms. The van der Waals surface area contributed by atoms with Crippen LogP contribution in [0.3, 0.4) is 0 Å². The molecule has 3 aromatic carbocycles. The Bertz CT molecular complexity index is 1640. The standard InChI is InChI=1S/C14H19NO4.2C13H18N2O4/c1-9-6-11-4-5-12(19-10(2)8-18-3)7-13(11)15(17)14(9)16;2*1-8(7-18-2)19-10-4-3-9-5-11(14)13(16)15(17)12(9)6-10/h4-5,7,9-10,17H,6,8H2,1-3H3;2*3-4,6,8,11,17H,5,7,14H2,1-2H3/t9-,10+;8-,11+;8-,11-/m100/s1. The number of amides is 3. The second-order valence-electron chi connectivity index (χ2n) is 14.2. The fourth-order valence-corrected chi connectivity index (χ4v) is 6.41. The van der Waals surface area contributed by atoms with E-state index in [9.17, 15) is 30.0 Å². The number of ether oxygens (including phenoxy) is 6. The molecule has 0 bridgehead atoms. The van der Waals surface area contributed by atoms with Gasteiger partial charge in [0.25, 0.3) is 17.7 Å². The molecule has 0 aromatic heterocycles. The van der Waals surface area contributed by atoms with Gasteiger partial charge < -0.3 is 39.9 Å². The van der Waals surface area contributed by atoms with E-state index in [0.717, 1.165) is 21.8 Å². The summed E-state index contributed by atoms with van der Waals surface area (Å²) in [5.74, 6) is 0.274. The highest BCUT2D eigenvalue weighted by Gasteiger charge is 2.32.